The van der Waals surface area contributed by atoms with Crippen molar-refractivity contribution in [1.29, 1.82) is 0 Å². The molecule has 6 rings (SSSR count). The van der Waals surface area contributed by atoms with E-state index >= 15 is 0 Å². The summed E-state index contributed by atoms with van der Waals surface area (Å²) in [6.45, 7) is 2.07. The maximum absolute atomic E-state index is 13.8. The minimum atomic E-state index is -0.340. The van der Waals surface area contributed by atoms with E-state index in [1.807, 2.05) is 47.3 Å². The number of anilines is 1. The largest absolute Gasteiger partial charge is 0.480 e. The van der Waals surface area contributed by atoms with Gasteiger partial charge < -0.3 is 10.1 Å². The molecule has 0 saturated heterocycles. The first kappa shape index (κ1) is 20.1. The van der Waals surface area contributed by atoms with Crippen LogP contribution in [0.4, 0.5) is 10.3 Å². The van der Waals surface area contributed by atoms with Gasteiger partial charge >= 0.3 is 0 Å². The van der Waals surface area contributed by atoms with Crippen LogP contribution in [0.15, 0.2) is 83.5 Å². The molecule has 1 N–H and O–H groups in total. The molecule has 4 aromatic rings. The number of nitrogens with one attached hydrogen (secondary N) is 1. The van der Waals surface area contributed by atoms with E-state index < -0.39 is 0 Å². The van der Waals surface area contributed by atoms with Gasteiger partial charge in [0, 0.05) is 11.1 Å². The third-order valence-electron chi connectivity index (χ3n) is 6.11. The van der Waals surface area contributed by atoms with Gasteiger partial charge in [0.15, 0.2) is 0 Å². The predicted octanol–water partition coefficient (Wildman–Crippen LogP) is 6.01. The van der Waals surface area contributed by atoms with Crippen LogP contribution in [-0.4, -0.2) is 21.0 Å². The summed E-state index contributed by atoms with van der Waals surface area (Å²) in [6.07, 6.45) is 1.61. The van der Waals surface area contributed by atoms with Crippen molar-refractivity contribution in [2.45, 2.75) is 24.2 Å². The molecule has 0 radical (unpaired) electrons. The summed E-state index contributed by atoms with van der Waals surface area (Å²) in [5.74, 6) is 1.20. The van der Waals surface area contributed by atoms with Crippen molar-refractivity contribution in [2.75, 3.05) is 11.6 Å². The summed E-state index contributed by atoms with van der Waals surface area (Å²) in [5, 5.41) is 8.97. The Kier molecular flexibility index (Phi) is 4.73. The number of para-hydroxylation sites is 1. The number of fused-ring (bicyclic) bond motifs is 3. The number of aryl methyl sites for hydroxylation is 1. The number of hydrogen-bond acceptors (Lipinski definition) is 5. The SMILES string of the molecule is CSc1nc2n(n1)[C@@H](c1ccc(F)cc1)C1=C(N2)c2ccccc2O[C@@H]1c1ccc(C)cc1. The maximum atomic E-state index is 13.8. The molecule has 0 amide bonds. The Morgan fingerprint density at radius 1 is 0.970 bits per heavy atom. The lowest BCUT2D eigenvalue weighted by Gasteiger charge is -2.39. The molecule has 2 atom stereocenters. The normalized spacial score (nSPS) is 18.6. The minimum absolute atomic E-state index is 0.272. The van der Waals surface area contributed by atoms with Gasteiger partial charge in [-0.25, -0.2) is 9.07 Å². The highest BCUT2D eigenvalue weighted by atomic mass is 32.2. The fourth-order valence-corrected chi connectivity index (χ4v) is 4.87. The summed E-state index contributed by atoms with van der Waals surface area (Å²) in [7, 11) is 0. The van der Waals surface area contributed by atoms with Crippen molar-refractivity contribution >= 4 is 23.4 Å². The van der Waals surface area contributed by atoms with Crippen molar-refractivity contribution in [3.05, 3.63) is 106 Å². The number of thioether (sulfide) groups is 1. The van der Waals surface area contributed by atoms with Crippen molar-refractivity contribution in [2.24, 2.45) is 0 Å². The van der Waals surface area contributed by atoms with E-state index in [1.54, 1.807) is 0 Å². The van der Waals surface area contributed by atoms with Crippen LogP contribution in [0, 0.1) is 12.7 Å². The van der Waals surface area contributed by atoms with Gasteiger partial charge in [0.2, 0.25) is 11.1 Å². The quantitative estimate of drug-likeness (QED) is 0.383. The zero-order chi connectivity index (χ0) is 22.5. The van der Waals surface area contributed by atoms with Crippen LogP contribution in [0.1, 0.15) is 34.4 Å². The van der Waals surface area contributed by atoms with Crippen molar-refractivity contribution in [1.82, 2.24) is 14.8 Å². The Bertz CT molecular complexity index is 1380. The highest BCUT2D eigenvalue weighted by Crippen LogP contribution is 2.50. The van der Waals surface area contributed by atoms with Gasteiger partial charge in [-0.2, -0.15) is 4.98 Å². The molecule has 7 heteroatoms. The molecule has 0 saturated carbocycles. The first-order chi connectivity index (χ1) is 16.1. The molecule has 0 fully saturated rings. The Morgan fingerprint density at radius 2 is 1.70 bits per heavy atom. The van der Waals surface area contributed by atoms with Crippen LogP contribution in [0.25, 0.3) is 5.70 Å². The van der Waals surface area contributed by atoms with Gasteiger partial charge in [-0.3, -0.25) is 0 Å². The number of ether oxygens (including phenoxy) is 1. The molecule has 164 valence electrons. The summed E-state index contributed by atoms with van der Waals surface area (Å²) < 4.78 is 22.3. The van der Waals surface area contributed by atoms with Gasteiger partial charge in [0.1, 0.15) is 23.7 Å². The van der Waals surface area contributed by atoms with E-state index in [0.717, 1.165) is 33.7 Å². The molecule has 0 spiro atoms. The summed E-state index contributed by atoms with van der Waals surface area (Å²) in [5.41, 5.74) is 6.11. The first-order valence-electron chi connectivity index (χ1n) is 10.7. The number of halogens is 1. The van der Waals surface area contributed by atoms with Crippen molar-refractivity contribution in [3.8, 4) is 5.75 Å². The molecule has 0 unspecified atom stereocenters. The predicted molar refractivity (Wildman–Crippen MR) is 128 cm³/mol. The van der Waals surface area contributed by atoms with Crippen LogP contribution < -0.4 is 10.1 Å². The fourth-order valence-electron chi connectivity index (χ4n) is 4.53. The average molecular weight is 457 g/mol. The molecular weight excluding hydrogens is 435 g/mol. The molecule has 3 aromatic carbocycles. The second kappa shape index (κ2) is 7.78. The van der Waals surface area contributed by atoms with Gasteiger partial charge in [0.05, 0.1) is 5.70 Å². The molecule has 0 bridgehead atoms. The maximum Gasteiger partial charge on any atom is 0.227 e. The number of nitrogens with zero attached hydrogens (tertiary/aromatic N) is 3. The molecule has 2 aliphatic rings. The van der Waals surface area contributed by atoms with E-state index in [1.165, 1.54) is 29.5 Å². The standard InChI is InChI=1S/C26H21FN4OS/c1-15-7-9-17(10-8-15)24-21-22(19-5-3-4-6-20(19)32-24)28-25-29-26(33-2)30-31(25)23(21)16-11-13-18(27)14-12-16/h3-14,23-24H,1-2H3,(H,28,29,30)/t23-,24+/m0/s1. The van der Waals surface area contributed by atoms with Crippen LogP contribution in [0.3, 0.4) is 0 Å². The van der Waals surface area contributed by atoms with Gasteiger partial charge in [-0.1, -0.05) is 65.9 Å². The molecule has 0 aliphatic carbocycles. The third-order valence-corrected chi connectivity index (χ3v) is 6.65. The Morgan fingerprint density at radius 3 is 2.45 bits per heavy atom. The van der Waals surface area contributed by atoms with Crippen LogP contribution in [-0.2, 0) is 0 Å². The van der Waals surface area contributed by atoms with Crippen LogP contribution in [0.2, 0.25) is 0 Å². The van der Waals surface area contributed by atoms with E-state index in [2.05, 4.69) is 36.5 Å². The highest BCUT2D eigenvalue weighted by molar-refractivity contribution is 7.98. The molecule has 2 aliphatic heterocycles. The monoisotopic (exact) mass is 456 g/mol. The van der Waals surface area contributed by atoms with Gasteiger partial charge in [0.25, 0.3) is 0 Å². The van der Waals surface area contributed by atoms with Gasteiger partial charge in [-0.05, 0) is 48.6 Å². The Labute approximate surface area is 195 Å². The van der Waals surface area contributed by atoms with E-state index in [0.29, 0.717) is 11.1 Å². The first-order valence-corrected chi connectivity index (χ1v) is 11.9. The van der Waals surface area contributed by atoms with Crippen molar-refractivity contribution in [3.63, 3.8) is 0 Å². The number of aromatic nitrogens is 3. The number of rotatable bonds is 3. The summed E-state index contributed by atoms with van der Waals surface area (Å²) in [4.78, 5) is 4.69. The zero-order valence-corrected chi connectivity index (χ0v) is 18.9. The molecule has 5 nitrogen and oxygen atoms in total. The Balaban J connectivity index is 1.62. The van der Waals surface area contributed by atoms with Crippen LogP contribution >= 0.6 is 11.8 Å². The fraction of sp³-hybridized carbons (Fsp3) is 0.154. The minimum Gasteiger partial charge on any atom is -0.480 e. The lowest BCUT2D eigenvalue weighted by molar-refractivity contribution is 0.223. The highest BCUT2D eigenvalue weighted by Gasteiger charge is 2.41. The van der Waals surface area contributed by atoms with E-state index in [4.69, 9.17) is 14.8 Å². The second-order valence-electron chi connectivity index (χ2n) is 8.18. The zero-order valence-electron chi connectivity index (χ0n) is 18.1. The molecule has 3 heterocycles. The number of hydrogen-bond donors (Lipinski definition) is 1. The lowest BCUT2D eigenvalue weighted by atomic mass is 9.84. The number of benzene rings is 3. The second-order valence-corrected chi connectivity index (χ2v) is 8.95. The third kappa shape index (κ3) is 3.31. The lowest BCUT2D eigenvalue weighted by Crippen LogP contribution is -2.32. The van der Waals surface area contributed by atoms with E-state index in [-0.39, 0.29) is 18.0 Å². The molecule has 1 aromatic heterocycles. The summed E-state index contributed by atoms with van der Waals surface area (Å²) in [6, 6.07) is 22.7. The topological polar surface area (TPSA) is 52.0 Å². The van der Waals surface area contributed by atoms with E-state index in [9.17, 15) is 4.39 Å². The smallest absolute Gasteiger partial charge is 0.227 e. The van der Waals surface area contributed by atoms with Crippen LogP contribution in [0.5, 0.6) is 5.75 Å². The van der Waals surface area contributed by atoms with Gasteiger partial charge in [-0.15, -0.1) is 5.10 Å². The average Bonchev–Trinajstić information content (AvgIpc) is 3.26. The van der Waals surface area contributed by atoms with Crippen molar-refractivity contribution < 1.29 is 9.13 Å². The Hall–Kier alpha value is -3.58. The summed E-state index contributed by atoms with van der Waals surface area (Å²) >= 11 is 1.49. The molecular formula is C26H21FN4OS. The molecule has 33 heavy (non-hydrogen) atoms.